The molecule has 0 saturated carbocycles. The molecule has 1 aromatic heterocycles. The van der Waals surface area contributed by atoms with Gasteiger partial charge in [-0.05, 0) is 36.8 Å². The van der Waals surface area contributed by atoms with Gasteiger partial charge in [0.15, 0.2) is 0 Å². The Morgan fingerprint density at radius 2 is 1.75 bits per heavy atom. The largest absolute Gasteiger partial charge is 0.366 e. The summed E-state index contributed by atoms with van der Waals surface area (Å²) < 4.78 is 27.7. The zero-order chi connectivity index (χ0) is 22.5. The number of halogens is 2. The van der Waals surface area contributed by atoms with E-state index in [0.29, 0.717) is 48.1 Å². The minimum atomic E-state index is -0.356. The second kappa shape index (κ2) is 9.95. The van der Waals surface area contributed by atoms with Gasteiger partial charge in [0.25, 0.3) is 0 Å². The predicted octanol–water partition coefficient (Wildman–Crippen LogP) is 4.12. The molecule has 4 rings (SSSR count). The van der Waals surface area contributed by atoms with Crippen molar-refractivity contribution in [1.82, 2.24) is 9.97 Å². The smallest absolute Gasteiger partial charge is 0.234 e. The van der Waals surface area contributed by atoms with E-state index >= 15 is 0 Å². The van der Waals surface area contributed by atoms with Crippen LogP contribution < -0.4 is 15.1 Å². The van der Waals surface area contributed by atoms with Gasteiger partial charge in [-0.1, -0.05) is 30.0 Å². The third kappa shape index (κ3) is 5.34. The van der Waals surface area contributed by atoms with E-state index in [1.165, 1.54) is 30.2 Å². The molecule has 0 bridgehead atoms. The fraction of sp³-hybridized carbons (Fsp3) is 0.261. The number of nitrogens with one attached hydrogen (secondary N) is 1. The molecule has 0 aliphatic carbocycles. The van der Waals surface area contributed by atoms with Gasteiger partial charge >= 0.3 is 0 Å². The molecule has 1 amide bonds. The second-order valence-electron chi connectivity index (χ2n) is 7.44. The first-order valence-corrected chi connectivity index (χ1v) is 11.2. The summed E-state index contributed by atoms with van der Waals surface area (Å²) in [6.45, 7) is 4.44. The van der Waals surface area contributed by atoms with Crippen LogP contribution in [-0.2, 0) is 4.79 Å². The van der Waals surface area contributed by atoms with E-state index < -0.39 is 0 Å². The molecule has 1 saturated heterocycles. The first-order valence-electron chi connectivity index (χ1n) is 10.2. The molecule has 0 atom stereocenters. The second-order valence-corrected chi connectivity index (χ2v) is 8.44. The van der Waals surface area contributed by atoms with Crippen LogP contribution in [0.2, 0.25) is 0 Å². The summed E-state index contributed by atoms with van der Waals surface area (Å²) in [6.07, 6.45) is 1.48. The van der Waals surface area contributed by atoms with E-state index in [-0.39, 0.29) is 23.3 Å². The highest BCUT2D eigenvalue weighted by molar-refractivity contribution is 7.99. The molecular formula is C23H23F2N5OS. The van der Waals surface area contributed by atoms with Crippen LogP contribution in [0.5, 0.6) is 0 Å². The Kier molecular flexibility index (Phi) is 6.84. The Hall–Kier alpha value is -3.20. The van der Waals surface area contributed by atoms with Crippen molar-refractivity contribution in [2.24, 2.45) is 0 Å². The van der Waals surface area contributed by atoms with E-state index in [0.717, 1.165) is 5.82 Å². The fourth-order valence-corrected chi connectivity index (χ4v) is 4.14. The van der Waals surface area contributed by atoms with Crippen LogP contribution in [0.15, 0.2) is 59.9 Å². The summed E-state index contributed by atoms with van der Waals surface area (Å²) >= 11 is 1.29. The van der Waals surface area contributed by atoms with Gasteiger partial charge in [0, 0.05) is 37.9 Å². The number of carbonyl (C=O) groups excluding carboxylic acids is 1. The first-order chi connectivity index (χ1) is 15.5. The normalized spacial score (nSPS) is 13.8. The maximum absolute atomic E-state index is 14.0. The molecule has 1 aliphatic rings. The highest BCUT2D eigenvalue weighted by Crippen LogP contribution is 2.24. The number of hydrogen-bond donors (Lipinski definition) is 1. The van der Waals surface area contributed by atoms with Crippen LogP contribution in [0.1, 0.15) is 5.56 Å². The van der Waals surface area contributed by atoms with Crippen molar-refractivity contribution in [3.63, 3.8) is 0 Å². The lowest BCUT2D eigenvalue weighted by Crippen LogP contribution is -2.47. The van der Waals surface area contributed by atoms with Gasteiger partial charge in [0.1, 0.15) is 28.8 Å². The van der Waals surface area contributed by atoms with Crippen molar-refractivity contribution in [2.75, 3.05) is 47.0 Å². The number of carbonyl (C=O) groups is 1. The van der Waals surface area contributed by atoms with E-state index in [4.69, 9.17) is 0 Å². The summed E-state index contributed by atoms with van der Waals surface area (Å²) in [7, 11) is 0. The summed E-state index contributed by atoms with van der Waals surface area (Å²) in [5, 5.41) is 3.37. The molecule has 3 aromatic rings. The maximum atomic E-state index is 14.0. The number of benzene rings is 2. The number of para-hydroxylation sites is 1. The lowest BCUT2D eigenvalue weighted by Gasteiger charge is -2.36. The molecule has 2 aromatic carbocycles. The van der Waals surface area contributed by atoms with Crippen molar-refractivity contribution in [3.8, 4) is 0 Å². The van der Waals surface area contributed by atoms with Crippen LogP contribution in [0, 0.1) is 18.6 Å². The molecule has 0 spiro atoms. The fourth-order valence-electron chi connectivity index (χ4n) is 3.47. The van der Waals surface area contributed by atoms with Gasteiger partial charge in [-0.15, -0.1) is 0 Å². The van der Waals surface area contributed by atoms with Crippen LogP contribution in [0.25, 0.3) is 0 Å². The van der Waals surface area contributed by atoms with Crippen molar-refractivity contribution < 1.29 is 13.6 Å². The number of thioether (sulfide) groups is 1. The first kappa shape index (κ1) is 22.0. The molecule has 166 valence electrons. The molecule has 1 fully saturated rings. The molecule has 6 nitrogen and oxygen atoms in total. The minimum Gasteiger partial charge on any atom is -0.366 e. The number of nitrogens with zero attached hydrogens (tertiary/aromatic N) is 4. The zero-order valence-corrected chi connectivity index (χ0v) is 18.4. The molecule has 32 heavy (non-hydrogen) atoms. The number of piperazine rings is 1. The number of aromatic nitrogens is 2. The third-order valence-corrected chi connectivity index (χ3v) is 6.16. The molecule has 0 radical (unpaired) electrons. The van der Waals surface area contributed by atoms with Gasteiger partial charge in [-0.3, -0.25) is 4.79 Å². The molecule has 1 N–H and O–H groups in total. The SMILES string of the molecule is Cc1ccc(NC(=O)CSc2cc(N3CCN(c4ccccc4F)CC3)ncn2)cc1F. The van der Waals surface area contributed by atoms with Crippen LogP contribution in [0.3, 0.4) is 0 Å². The monoisotopic (exact) mass is 455 g/mol. The highest BCUT2D eigenvalue weighted by atomic mass is 32.2. The van der Waals surface area contributed by atoms with Crippen LogP contribution >= 0.6 is 11.8 Å². The Morgan fingerprint density at radius 3 is 2.50 bits per heavy atom. The molecule has 0 unspecified atom stereocenters. The summed E-state index contributed by atoms with van der Waals surface area (Å²) in [4.78, 5) is 25.0. The Morgan fingerprint density at radius 1 is 1.00 bits per heavy atom. The number of rotatable bonds is 6. The van der Waals surface area contributed by atoms with Crippen molar-refractivity contribution >= 4 is 34.9 Å². The van der Waals surface area contributed by atoms with Crippen molar-refractivity contribution in [1.29, 1.82) is 0 Å². The van der Waals surface area contributed by atoms with Gasteiger partial charge in [-0.25, -0.2) is 18.7 Å². The minimum absolute atomic E-state index is 0.146. The average Bonchev–Trinajstić information content (AvgIpc) is 2.81. The lowest BCUT2D eigenvalue weighted by molar-refractivity contribution is -0.113. The quantitative estimate of drug-likeness (QED) is 0.446. The molecular weight excluding hydrogens is 432 g/mol. The van der Waals surface area contributed by atoms with Crippen molar-refractivity contribution in [3.05, 3.63) is 72.1 Å². The van der Waals surface area contributed by atoms with E-state index in [1.54, 1.807) is 31.2 Å². The van der Waals surface area contributed by atoms with Gasteiger partial charge in [0.2, 0.25) is 5.91 Å². The summed E-state index contributed by atoms with van der Waals surface area (Å²) in [5.41, 5.74) is 1.57. The van der Waals surface area contributed by atoms with Gasteiger partial charge in [0.05, 0.1) is 11.4 Å². The third-order valence-electron chi connectivity index (χ3n) is 5.23. The van der Waals surface area contributed by atoms with E-state index in [1.807, 2.05) is 17.0 Å². The summed E-state index contributed by atoms with van der Waals surface area (Å²) in [6, 6.07) is 13.2. The lowest BCUT2D eigenvalue weighted by atomic mass is 10.2. The van der Waals surface area contributed by atoms with E-state index in [2.05, 4.69) is 20.2 Å². The summed E-state index contributed by atoms with van der Waals surface area (Å²) in [5.74, 6) is 0.112. The Labute approximate surface area is 189 Å². The van der Waals surface area contributed by atoms with Crippen molar-refractivity contribution in [2.45, 2.75) is 11.9 Å². The average molecular weight is 456 g/mol. The number of aryl methyl sites for hydroxylation is 1. The Bertz CT molecular complexity index is 1110. The van der Waals surface area contributed by atoms with E-state index in [9.17, 15) is 13.6 Å². The van der Waals surface area contributed by atoms with Gasteiger partial charge in [-0.2, -0.15) is 0 Å². The zero-order valence-electron chi connectivity index (χ0n) is 17.6. The molecule has 9 heteroatoms. The highest BCUT2D eigenvalue weighted by Gasteiger charge is 2.20. The molecule has 1 aliphatic heterocycles. The molecule has 2 heterocycles. The Balaban J connectivity index is 1.31. The van der Waals surface area contributed by atoms with Crippen LogP contribution in [0.4, 0.5) is 26.0 Å². The maximum Gasteiger partial charge on any atom is 0.234 e. The number of amides is 1. The van der Waals surface area contributed by atoms with Gasteiger partial charge < -0.3 is 15.1 Å². The number of anilines is 3. The van der Waals surface area contributed by atoms with Crippen LogP contribution in [-0.4, -0.2) is 47.8 Å². The topological polar surface area (TPSA) is 61.4 Å². The predicted molar refractivity (Wildman–Crippen MR) is 123 cm³/mol. The number of hydrogen-bond acceptors (Lipinski definition) is 6. The standard InChI is InChI=1S/C23H23F2N5OS/c1-16-6-7-17(12-19(16)25)28-22(31)14-32-23-13-21(26-15-27-23)30-10-8-29(9-11-30)20-5-3-2-4-18(20)24/h2-7,12-13,15H,8-11,14H2,1H3,(H,28,31).